The van der Waals surface area contributed by atoms with Crippen LogP contribution in [0.3, 0.4) is 0 Å². The van der Waals surface area contributed by atoms with Gasteiger partial charge in [-0.15, -0.1) is 0 Å². The van der Waals surface area contributed by atoms with Gasteiger partial charge < -0.3 is 15.1 Å². The summed E-state index contributed by atoms with van der Waals surface area (Å²) in [5, 5.41) is 2.96. The predicted molar refractivity (Wildman–Crippen MR) is 92.3 cm³/mol. The highest BCUT2D eigenvalue weighted by molar-refractivity contribution is 5.89. The van der Waals surface area contributed by atoms with Crippen LogP contribution in [0.1, 0.15) is 45.1 Å². The van der Waals surface area contributed by atoms with Gasteiger partial charge in [-0.3, -0.25) is 4.79 Å². The quantitative estimate of drug-likeness (QED) is 0.837. The SMILES string of the molecule is CCCCN(CC)C(=O)Nc1cccc(CN2CCCC2=O)c1. The average Bonchev–Trinajstić information content (AvgIpc) is 2.93. The zero-order valence-corrected chi connectivity index (χ0v) is 14.2. The molecule has 0 aliphatic carbocycles. The second-order valence-corrected chi connectivity index (χ2v) is 5.98. The summed E-state index contributed by atoms with van der Waals surface area (Å²) in [6.07, 6.45) is 3.68. The van der Waals surface area contributed by atoms with Crippen molar-refractivity contribution in [3.63, 3.8) is 0 Å². The minimum Gasteiger partial charge on any atom is -0.338 e. The zero-order chi connectivity index (χ0) is 16.7. The number of carbonyl (C=O) groups is 2. The molecule has 1 saturated heterocycles. The lowest BCUT2D eigenvalue weighted by Gasteiger charge is -2.21. The molecular formula is C18H27N3O2. The van der Waals surface area contributed by atoms with E-state index in [4.69, 9.17) is 0 Å². The Balaban J connectivity index is 1.96. The highest BCUT2D eigenvalue weighted by atomic mass is 16.2. The second kappa shape index (κ2) is 8.56. The van der Waals surface area contributed by atoms with Crippen molar-refractivity contribution in [1.29, 1.82) is 0 Å². The molecule has 1 N–H and O–H groups in total. The molecule has 1 heterocycles. The fraction of sp³-hybridized carbons (Fsp3) is 0.556. The lowest BCUT2D eigenvalue weighted by Crippen LogP contribution is -2.35. The molecule has 1 fully saturated rings. The molecule has 0 atom stereocenters. The predicted octanol–water partition coefficient (Wildman–Crippen LogP) is 3.46. The number of unbranched alkanes of at least 4 members (excludes halogenated alkanes) is 1. The number of nitrogens with one attached hydrogen (secondary N) is 1. The number of urea groups is 1. The van der Waals surface area contributed by atoms with E-state index in [1.807, 2.05) is 41.0 Å². The second-order valence-electron chi connectivity index (χ2n) is 5.98. The van der Waals surface area contributed by atoms with Crippen LogP contribution in [0, 0.1) is 0 Å². The molecule has 1 aliphatic heterocycles. The lowest BCUT2D eigenvalue weighted by atomic mass is 10.2. The van der Waals surface area contributed by atoms with E-state index >= 15 is 0 Å². The van der Waals surface area contributed by atoms with Gasteiger partial charge in [0, 0.05) is 38.3 Å². The van der Waals surface area contributed by atoms with Gasteiger partial charge in [-0.2, -0.15) is 0 Å². The van der Waals surface area contributed by atoms with Crippen LogP contribution in [0.5, 0.6) is 0 Å². The molecule has 0 bridgehead atoms. The molecule has 126 valence electrons. The Morgan fingerprint density at radius 1 is 1.35 bits per heavy atom. The largest absolute Gasteiger partial charge is 0.338 e. The monoisotopic (exact) mass is 317 g/mol. The molecule has 1 aromatic rings. The Hall–Kier alpha value is -2.04. The number of anilines is 1. The smallest absolute Gasteiger partial charge is 0.321 e. The summed E-state index contributed by atoms with van der Waals surface area (Å²) in [4.78, 5) is 27.7. The van der Waals surface area contributed by atoms with E-state index in [-0.39, 0.29) is 11.9 Å². The van der Waals surface area contributed by atoms with Gasteiger partial charge >= 0.3 is 6.03 Å². The number of benzene rings is 1. The van der Waals surface area contributed by atoms with Crippen molar-refractivity contribution in [3.05, 3.63) is 29.8 Å². The highest BCUT2D eigenvalue weighted by Gasteiger charge is 2.20. The summed E-state index contributed by atoms with van der Waals surface area (Å²) in [6, 6.07) is 7.71. The van der Waals surface area contributed by atoms with Gasteiger partial charge in [0.25, 0.3) is 0 Å². The van der Waals surface area contributed by atoms with E-state index in [9.17, 15) is 9.59 Å². The highest BCUT2D eigenvalue weighted by Crippen LogP contribution is 2.17. The van der Waals surface area contributed by atoms with Gasteiger partial charge in [0.15, 0.2) is 0 Å². The van der Waals surface area contributed by atoms with E-state index in [1.165, 1.54) is 0 Å². The molecule has 23 heavy (non-hydrogen) atoms. The third-order valence-corrected chi connectivity index (χ3v) is 4.17. The Morgan fingerprint density at radius 3 is 2.83 bits per heavy atom. The number of rotatable bonds is 7. The Kier molecular flexibility index (Phi) is 6.44. The number of hydrogen-bond donors (Lipinski definition) is 1. The summed E-state index contributed by atoms with van der Waals surface area (Å²) >= 11 is 0. The van der Waals surface area contributed by atoms with Crippen molar-refractivity contribution in [2.45, 2.75) is 46.1 Å². The standard InChI is InChI=1S/C18H27N3O2/c1-3-5-11-20(4-2)18(23)19-16-9-6-8-15(13-16)14-21-12-7-10-17(21)22/h6,8-9,13H,3-5,7,10-12,14H2,1-2H3,(H,19,23). The summed E-state index contributed by atoms with van der Waals surface area (Å²) in [6.45, 7) is 7.04. The van der Waals surface area contributed by atoms with Gasteiger partial charge in [-0.1, -0.05) is 25.5 Å². The molecule has 5 heteroatoms. The van der Waals surface area contributed by atoms with E-state index < -0.39 is 0 Å². The van der Waals surface area contributed by atoms with Crippen LogP contribution in [0.15, 0.2) is 24.3 Å². The molecule has 0 aromatic heterocycles. The minimum atomic E-state index is -0.0599. The summed E-state index contributed by atoms with van der Waals surface area (Å²) in [5.41, 5.74) is 1.84. The third-order valence-electron chi connectivity index (χ3n) is 4.17. The molecule has 5 nitrogen and oxygen atoms in total. The van der Waals surface area contributed by atoms with Gasteiger partial charge in [-0.05, 0) is 37.5 Å². The van der Waals surface area contributed by atoms with Gasteiger partial charge in [-0.25, -0.2) is 4.79 Å². The average molecular weight is 317 g/mol. The molecule has 1 aromatic carbocycles. The van der Waals surface area contributed by atoms with Crippen molar-refractivity contribution >= 4 is 17.6 Å². The van der Waals surface area contributed by atoms with Crippen LogP contribution >= 0.6 is 0 Å². The van der Waals surface area contributed by atoms with Gasteiger partial charge in [0.2, 0.25) is 5.91 Å². The Labute approximate surface area is 138 Å². The van der Waals surface area contributed by atoms with Crippen LogP contribution in [0.25, 0.3) is 0 Å². The minimum absolute atomic E-state index is 0.0599. The third kappa shape index (κ3) is 4.98. The van der Waals surface area contributed by atoms with Crippen LogP contribution in [-0.2, 0) is 11.3 Å². The number of nitrogens with zero attached hydrogens (tertiary/aromatic N) is 2. The van der Waals surface area contributed by atoms with Gasteiger partial charge in [0.05, 0.1) is 0 Å². The summed E-state index contributed by atoms with van der Waals surface area (Å²) < 4.78 is 0. The first-order chi connectivity index (χ1) is 11.1. The number of amides is 3. The van der Waals surface area contributed by atoms with Gasteiger partial charge in [0.1, 0.15) is 0 Å². The Bertz CT molecular complexity index is 545. The summed E-state index contributed by atoms with van der Waals surface area (Å²) in [5.74, 6) is 0.219. The van der Waals surface area contributed by atoms with Crippen LogP contribution < -0.4 is 5.32 Å². The van der Waals surface area contributed by atoms with E-state index in [2.05, 4.69) is 12.2 Å². The maximum Gasteiger partial charge on any atom is 0.321 e. The first-order valence-corrected chi connectivity index (χ1v) is 8.56. The maximum atomic E-state index is 12.3. The topological polar surface area (TPSA) is 52.7 Å². The fourth-order valence-electron chi connectivity index (χ4n) is 2.79. The van der Waals surface area contributed by atoms with E-state index in [0.29, 0.717) is 19.5 Å². The maximum absolute atomic E-state index is 12.3. The molecule has 0 radical (unpaired) electrons. The van der Waals surface area contributed by atoms with Crippen LogP contribution in [0.4, 0.5) is 10.5 Å². The fourth-order valence-corrected chi connectivity index (χ4v) is 2.79. The molecular weight excluding hydrogens is 290 g/mol. The van der Waals surface area contributed by atoms with Crippen molar-refractivity contribution in [2.24, 2.45) is 0 Å². The first kappa shape index (κ1) is 17.3. The molecule has 0 spiro atoms. The van der Waals surface area contributed by atoms with E-state index in [1.54, 1.807) is 0 Å². The molecule has 0 saturated carbocycles. The number of likely N-dealkylation sites (tertiary alicyclic amines) is 1. The molecule has 3 amide bonds. The van der Waals surface area contributed by atoms with Crippen molar-refractivity contribution < 1.29 is 9.59 Å². The first-order valence-electron chi connectivity index (χ1n) is 8.56. The number of carbonyl (C=O) groups excluding carboxylic acids is 2. The van der Waals surface area contributed by atoms with Crippen molar-refractivity contribution in [2.75, 3.05) is 25.0 Å². The van der Waals surface area contributed by atoms with Crippen LogP contribution in [-0.4, -0.2) is 41.4 Å². The summed E-state index contributed by atoms with van der Waals surface area (Å²) in [7, 11) is 0. The molecule has 0 unspecified atom stereocenters. The van der Waals surface area contributed by atoms with E-state index in [0.717, 1.165) is 43.6 Å². The zero-order valence-electron chi connectivity index (χ0n) is 14.2. The normalized spacial score (nSPS) is 14.2. The molecule has 1 aliphatic rings. The lowest BCUT2D eigenvalue weighted by molar-refractivity contribution is -0.128. The van der Waals surface area contributed by atoms with Crippen molar-refractivity contribution in [3.8, 4) is 0 Å². The Morgan fingerprint density at radius 2 is 2.17 bits per heavy atom. The van der Waals surface area contributed by atoms with Crippen LogP contribution in [0.2, 0.25) is 0 Å². The number of hydrogen-bond acceptors (Lipinski definition) is 2. The van der Waals surface area contributed by atoms with Crippen molar-refractivity contribution in [1.82, 2.24) is 9.80 Å². The molecule has 2 rings (SSSR count).